The van der Waals surface area contributed by atoms with Gasteiger partial charge in [0.25, 0.3) is 0 Å². The molecule has 0 unspecified atom stereocenters. The number of phenolic OH excluding ortho intramolecular Hbond substituents is 1. The molecule has 164 valence electrons. The van der Waals surface area contributed by atoms with E-state index in [0.717, 1.165) is 28.1 Å². The summed E-state index contributed by atoms with van der Waals surface area (Å²) in [6, 6.07) is 13.1. The average Bonchev–Trinajstić information content (AvgIpc) is 3.17. The third-order valence-corrected chi connectivity index (χ3v) is 6.38. The average molecular weight is 432 g/mol. The standard InChI is InChI=1S/C25H24N2O5/c1-13-22-23(15-6-9-21(31-3)19(28)11-15)24-18(26-25(22)32-27-13)10-16(12-20(24)29)14-4-7-17(30-2)8-5-14/h4-9,11,16,23,26,28H,10,12H2,1-3H3/t16-,23-/m1/s1. The Hall–Kier alpha value is -3.74. The summed E-state index contributed by atoms with van der Waals surface area (Å²) < 4.78 is 16.0. The molecule has 7 nitrogen and oxygen atoms in total. The van der Waals surface area contributed by atoms with Crippen LogP contribution in [0.15, 0.2) is 58.3 Å². The number of hydrogen-bond acceptors (Lipinski definition) is 7. The number of carbonyl (C=O) groups excluding carboxylic acids is 1. The van der Waals surface area contributed by atoms with Crippen molar-refractivity contribution in [2.45, 2.75) is 31.6 Å². The van der Waals surface area contributed by atoms with E-state index in [4.69, 9.17) is 14.0 Å². The van der Waals surface area contributed by atoms with Gasteiger partial charge in [-0.1, -0.05) is 23.4 Å². The Bertz CT molecular complexity index is 1230. The van der Waals surface area contributed by atoms with Crippen LogP contribution in [0.25, 0.3) is 0 Å². The second kappa shape index (κ2) is 7.75. The predicted molar refractivity (Wildman–Crippen MR) is 118 cm³/mol. The normalized spacial score (nSPS) is 19.8. The molecule has 7 heteroatoms. The van der Waals surface area contributed by atoms with Gasteiger partial charge in [0.2, 0.25) is 5.88 Å². The maximum absolute atomic E-state index is 13.5. The highest BCUT2D eigenvalue weighted by Gasteiger charge is 2.41. The van der Waals surface area contributed by atoms with Gasteiger partial charge in [0, 0.05) is 23.6 Å². The van der Waals surface area contributed by atoms with Crippen LogP contribution < -0.4 is 14.8 Å². The van der Waals surface area contributed by atoms with E-state index in [9.17, 15) is 9.90 Å². The number of ether oxygens (including phenoxy) is 2. The quantitative estimate of drug-likeness (QED) is 0.619. The lowest BCUT2D eigenvalue weighted by Crippen LogP contribution is -2.29. The third-order valence-electron chi connectivity index (χ3n) is 6.38. The van der Waals surface area contributed by atoms with Crippen LogP contribution >= 0.6 is 0 Å². The highest BCUT2D eigenvalue weighted by atomic mass is 16.5. The highest BCUT2D eigenvalue weighted by Crippen LogP contribution is 2.49. The summed E-state index contributed by atoms with van der Waals surface area (Å²) in [5.74, 6) is 1.50. The fraction of sp³-hybridized carbons (Fsp3) is 0.280. The zero-order chi connectivity index (χ0) is 22.4. The first kappa shape index (κ1) is 20.2. The molecule has 2 aromatic carbocycles. The summed E-state index contributed by atoms with van der Waals surface area (Å²) in [5.41, 5.74) is 4.96. The van der Waals surface area contributed by atoms with Crippen LogP contribution in [0.5, 0.6) is 17.2 Å². The molecular formula is C25H24N2O5. The number of phenols is 1. The molecule has 0 saturated carbocycles. The molecule has 1 aliphatic heterocycles. The van der Waals surface area contributed by atoms with Crippen molar-refractivity contribution in [2.24, 2.45) is 0 Å². The van der Waals surface area contributed by atoms with E-state index in [1.807, 2.05) is 37.3 Å². The number of fused-ring (bicyclic) bond motifs is 1. The van der Waals surface area contributed by atoms with Crippen LogP contribution in [-0.4, -0.2) is 30.3 Å². The molecule has 0 spiro atoms. The molecule has 2 heterocycles. The monoisotopic (exact) mass is 432 g/mol. The van der Waals surface area contributed by atoms with Gasteiger partial charge in [0.15, 0.2) is 17.3 Å². The number of aryl methyl sites for hydroxylation is 1. The van der Waals surface area contributed by atoms with E-state index in [0.29, 0.717) is 35.7 Å². The Balaban J connectivity index is 1.58. The van der Waals surface area contributed by atoms with Gasteiger partial charge in [-0.25, -0.2) is 0 Å². The van der Waals surface area contributed by atoms with Crippen LogP contribution in [0, 0.1) is 6.92 Å². The van der Waals surface area contributed by atoms with Gasteiger partial charge in [0.1, 0.15) is 5.75 Å². The van der Waals surface area contributed by atoms with Crippen LogP contribution in [0.1, 0.15) is 47.1 Å². The lowest BCUT2D eigenvalue weighted by atomic mass is 9.72. The topological polar surface area (TPSA) is 93.8 Å². The number of ketones is 1. The summed E-state index contributed by atoms with van der Waals surface area (Å²) >= 11 is 0. The maximum atomic E-state index is 13.5. The molecule has 0 fully saturated rings. The highest BCUT2D eigenvalue weighted by molar-refractivity contribution is 6.01. The number of allylic oxidation sites excluding steroid dienone is 2. The lowest BCUT2D eigenvalue weighted by Gasteiger charge is -2.34. The molecule has 32 heavy (non-hydrogen) atoms. The van der Waals surface area contributed by atoms with E-state index < -0.39 is 0 Å². The Morgan fingerprint density at radius 3 is 2.50 bits per heavy atom. The van der Waals surface area contributed by atoms with Crippen LogP contribution in [0.2, 0.25) is 0 Å². The SMILES string of the molecule is COc1ccc([C@H]2CC(=O)C3=C(C2)Nc2onc(C)c2[C@H]3c2ccc(OC)c(O)c2)cc1. The Morgan fingerprint density at radius 2 is 1.81 bits per heavy atom. The van der Waals surface area contributed by atoms with E-state index in [1.165, 1.54) is 7.11 Å². The number of aromatic nitrogens is 1. The number of nitrogens with zero attached hydrogens (tertiary/aromatic N) is 1. The van der Waals surface area contributed by atoms with E-state index >= 15 is 0 Å². The van der Waals surface area contributed by atoms with Crippen molar-refractivity contribution in [3.63, 3.8) is 0 Å². The largest absolute Gasteiger partial charge is 0.504 e. The molecule has 5 rings (SSSR count). The number of rotatable bonds is 4. The maximum Gasteiger partial charge on any atom is 0.233 e. The molecule has 3 aromatic rings. The fourth-order valence-corrected chi connectivity index (χ4v) is 4.80. The van der Waals surface area contributed by atoms with Gasteiger partial charge >= 0.3 is 0 Å². The van der Waals surface area contributed by atoms with E-state index in [-0.39, 0.29) is 23.4 Å². The van der Waals surface area contributed by atoms with E-state index in [2.05, 4.69) is 10.5 Å². The minimum atomic E-state index is -0.367. The zero-order valence-electron chi connectivity index (χ0n) is 18.1. The molecule has 1 aliphatic carbocycles. The van der Waals surface area contributed by atoms with Crippen molar-refractivity contribution in [3.8, 4) is 17.2 Å². The van der Waals surface area contributed by atoms with Crippen molar-refractivity contribution in [2.75, 3.05) is 19.5 Å². The number of carbonyl (C=O) groups is 1. The number of methoxy groups -OCH3 is 2. The number of hydrogen-bond donors (Lipinski definition) is 2. The van der Waals surface area contributed by atoms with Crippen LogP contribution in [0.3, 0.4) is 0 Å². The third kappa shape index (κ3) is 3.21. The Kier molecular flexibility index (Phi) is 4.89. The summed E-state index contributed by atoms with van der Waals surface area (Å²) in [7, 11) is 3.14. The first-order chi connectivity index (χ1) is 15.5. The second-order valence-electron chi connectivity index (χ2n) is 8.19. The smallest absolute Gasteiger partial charge is 0.233 e. The number of benzene rings is 2. The van der Waals surface area contributed by atoms with Gasteiger partial charge in [-0.3, -0.25) is 4.79 Å². The van der Waals surface area contributed by atoms with Gasteiger partial charge in [-0.15, -0.1) is 0 Å². The predicted octanol–water partition coefficient (Wildman–Crippen LogP) is 4.66. The summed E-state index contributed by atoms with van der Waals surface area (Å²) in [5, 5.41) is 17.9. The Labute approximate surface area is 185 Å². The second-order valence-corrected chi connectivity index (χ2v) is 8.19. The molecule has 0 amide bonds. The molecule has 0 saturated heterocycles. The fourth-order valence-electron chi connectivity index (χ4n) is 4.80. The van der Waals surface area contributed by atoms with Crippen LogP contribution in [-0.2, 0) is 4.79 Å². The molecule has 0 bridgehead atoms. The molecular weight excluding hydrogens is 408 g/mol. The van der Waals surface area contributed by atoms with Crippen molar-refractivity contribution in [3.05, 3.63) is 76.1 Å². The van der Waals surface area contributed by atoms with Gasteiger partial charge < -0.3 is 24.4 Å². The van der Waals surface area contributed by atoms with E-state index in [1.54, 1.807) is 19.2 Å². The summed E-state index contributed by atoms with van der Waals surface area (Å²) in [6.07, 6.45) is 1.08. The molecule has 2 atom stereocenters. The number of anilines is 1. The van der Waals surface area contributed by atoms with Gasteiger partial charge in [-0.05, 0) is 54.7 Å². The first-order valence-corrected chi connectivity index (χ1v) is 10.5. The summed E-state index contributed by atoms with van der Waals surface area (Å²) in [6.45, 7) is 1.86. The van der Waals surface area contributed by atoms with Crippen molar-refractivity contribution < 1.29 is 23.9 Å². The minimum Gasteiger partial charge on any atom is -0.504 e. The molecule has 2 aliphatic rings. The molecule has 0 radical (unpaired) electrons. The number of aromatic hydroxyl groups is 1. The van der Waals surface area contributed by atoms with Crippen LogP contribution in [0.4, 0.5) is 5.88 Å². The minimum absolute atomic E-state index is 0.0284. The number of nitrogens with one attached hydrogen (secondary N) is 1. The lowest BCUT2D eigenvalue weighted by molar-refractivity contribution is -0.116. The molecule has 1 aromatic heterocycles. The van der Waals surface area contributed by atoms with Gasteiger partial charge in [-0.2, -0.15) is 0 Å². The molecule has 2 N–H and O–H groups in total. The van der Waals surface area contributed by atoms with Crippen molar-refractivity contribution >= 4 is 11.7 Å². The van der Waals surface area contributed by atoms with Gasteiger partial charge in [0.05, 0.1) is 25.5 Å². The zero-order valence-corrected chi connectivity index (χ0v) is 18.1. The van der Waals surface area contributed by atoms with Crippen molar-refractivity contribution in [1.29, 1.82) is 0 Å². The van der Waals surface area contributed by atoms with Crippen molar-refractivity contribution in [1.82, 2.24) is 5.16 Å². The number of Topliss-reactive ketones (excluding diaryl/α,β-unsaturated/α-hetero) is 1. The summed E-state index contributed by atoms with van der Waals surface area (Å²) in [4.78, 5) is 13.5. The Morgan fingerprint density at radius 1 is 1.06 bits per heavy atom. The first-order valence-electron chi connectivity index (χ1n) is 10.5.